The van der Waals surface area contributed by atoms with Gasteiger partial charge in [-0.05, 0) is 26.0 Å². The molecule has 1 aliphatic rings. The van der Waals surface area contributed by atoms with Crippen molar-refractivity contribution in [1.82, 2.24) is 9.62 Å². The number of sulfonamides is 1. The Morgan fingerprint density at radius 2 is 2.04 bits per heavy atom. The molecule has 1 N–H and O–H groups in total. The average molecular weight is 366 g/mol. The zero-order chi connectivity index (χ0) is 16.5. The Balaban J connectivity index is 0.00000264. The van der Waals surface area contributed by atoms with Crippen molar-refractivity contribution in [2.75, 3.05) is 20.2 Å². The van der Waals surface area contributed by atoms with Gasteiger partial charge in [0.2, 0.25) is 10.0 Å². The number of piperazine rings is 1. The van der Waals surface area contributed by atoms with Gasteiger partial charge in [-0.2, -0.15) is 4.31 Å². The standard InChI is InChI=1S/C13H19N3O5S.ClH/c1-9-8-15(10(2)7-14-9)22(19,20)13-5-4-11(21-3)6-12(13)16(17)18;/h4-6,9-10,14H,7-8H2,1-3H3;1H. The predicted molar refractivity (Wildman–Crippen MR) is 87.7 cm³/mol. The van der Waals surface area contributed by atoms with Crippen LogP contribution in [-0.2, 0) is 10.0 Å². The van der Waals surface area contributed by atoms with Gasteiger partial charge in [-0.15, -0.1) is 12.4 Å². The molecule has 0 amide bonds. The zero-order valence-electron chi connectivity index (χ0n) is 13.1. The highest BCUT2D eigenvalue weighted by Gasteiger charge is 2.37. The molecule has 1 saturated heterocycles. The molecule has 1 aromatic rings. The number of rotatable bonds is 4. The van der Waals surface area contributed by atoms with E-state index < -0.39 is 20.6 Å². The van der Waals surface area contributed by atoms with E-state index in [4.69, 9.17) is 4.74 Å². The molecule has 2 unspecified atom stereocenters. The number of benzene rings is 1. The molecule has 1 aromatic carbocycles. The fourth-order valence-electron chi connectivity index (χ4n) is 2.43. The molecule has 0 aromatic heterocycles. The van der Waals surface area contributed by atoms with Crippen LogP contribution in [0.25, 0.3) is 0 Å². The predicted octanol–water partition coefficient (Wildman–Crippen LogP) is 1.40. The Kier molecular flexibility index (Phi) is 6.34. The molecule has 2 rings (SSSR count). The summed E-state index contributed by atoms with van der Waals surface area (Å²) in [6.07, 6.45) is 0. The highest BCUT2D eigenvalue weighted by Crippen LogP contribution is 2.31. The SMILES string of the molecule is COc1ccc(S(=O)(=O)N2CC(C)NCC2C)c([N+](=O)[O-])c1.Cl. The molecule has 1 fully saturated rings. The van der Waals surface area contributed by atoms with E-state index in [0.717, 1.165) is 6.07 Å². The quantitative estimate of drug-likeness (QED) is 0.639. The molecular weight excluding hydrogens is 346 g/mol. The van der Waals surface area contributed by atoms with Crippen LogP contribution >= 0.6 is 12.4 Å². The van der Waals surface area contributed by atoms with Crippen molar-refractivity contribution in [3.8, 4) is 5.75 Å². The van der Waals surface area contributed by atoms with Crippen molar-refractivity contribution in [1.29, 1.82) is 0 Å². The molecular formula is C13H20ClN3O5S. The van der Waals surface area contributed by atoms with E-state index in [9.17, 15) is 18.5 Å². The monoisotopic (exact) mass is 365 g/mol. The minimum Gasteiger partial charge on any atom is -0.497 e. The number of halogens is 1. The third kappa shape index (κ3) is 3.92. The van der Waals surface area contributed by atoms with Gasteiger partial charge in [0.1, 0.15) is 5.75 Å². The molecule has 23 heavy (non-hydrogen) atoms. The normalized spacial score (nSPS) is 22.2. The van der Waals surface area contributed by atoms with E-state index in [1.165, 1.54) is 23.5 Å². The Morgan fingerprint density at radius 3 is 2.61 bits per heavy atom. The summed E-state index contributed by atoms with van der Waals surface area (Å²) in [5.74, 6) is 0.243. The number of hydrogen-bond donors (Lipinski definition) is 1. The van der Waals surface area contributed by atoms with Gasteiger partial charge in [0.25, 0.3) is 5.69 Å². The fraction of sp³-hybridized carbons (Fsp3) is 0.538. The summed E-state index contributed by atoms with van der Waals surface area (Å²) in [4.78, 5) is 10.2. The van der Waals surface area contributed by atoms with Crippen LogP contribution in [0.3, 0.4) is 0 Å². The lowest BCUT2D eigenvalue weighted by Crippen LogP contribution is -2.56. The molecule has 0 aliphatic carbocycles. The summed E-state index contributed by atoms with van der Waals surface area (Å²) in [7, 11) is -2.58. The van der Waals surface area contributed by atoms with Crippen LogP contribution in [0.5, 0.6) is 5.75 Å². The van der Waals surface area contributed by atoms with E-state index >= 15 is 0 Å². The van der Waals surface area contributed by atoms with Gasteiger partial charge >= 0.3 is 0 Å². The number of nitro benzene ring substituents is 1. The fourth-order valence-corrected chi connectivity index (χ4v) is 4.29. The molecule has 10 heteroatoms. The smallest absolute Gasteiger partial charge is 0.293 e. The molecule has 0 radical (unpaired) electrons. The lowest BCUT2D eigenvalue weighted by Gasteiger charge is -2.36. The minimum atomic E-state index is -3.95. The van der Waals surface area contributed by atoms with Crippen LogP contribution in [0.4, 0.5) is 5.69 Å². The summed E-state index contributed by atoms with van der Waals surface area (Å²) >= 11 is 0. The minimum absolute atomic E-state index is 0. The van der Waals surface area contributed by atoms with Crippen molar-refractivity contribution in [2.24, 2.45) is 0 Å². The number of nitrogens with zero attached hydrogens (tertiary/aromatic N) is 2. The molecule has 1 heterocycles. The van der Waals surface area contributed by atoms with Gasteiger partial charge in [0, 0.05) is 25.2 Å². The molecule has 1 aliphatic heterocycles. The van der Waals surface area contributed by atoms with E-state index in [0.29, 0.717) is 6.54 Å². The van der Waals surface area contributed by atoms with Crippen LogP contribution in [0.1, 0.15) is 13.8 Å². The first kappa shape index (κ1) is 19.6. The van der Waals surface area contributed by atoms with Crippen LogP contribution in [-0.4, -0.2) is 49.9 Å². The topological polar surface area (TPSA) is 102 Å². The zero-order valence-corrected chi connectivity index (χ0v) is 14.7. The highest BCUT2D eigenvalue weighted by molar-refractivity contribution is 7.89. The van der Waals surface area contributed by atoms with Gasteiger partial charge in [0.05, 0.1) is 18.1 Å². The van der Waals surface area contributed by atoms with Crippen molar-refractivity contribution >= 4 is 28.1 Å². The summed E-state index contributed by atoms with van der Waals surface area (Å²) in [5.41, 5.74) is -0.474. The summed E-state index contributed by atoms with van der Waals surface area (Å²) in [6.45, 7) is 4.42. The largest absolute Gasteiger partial charge is 0.497 e. The number of ether oxygens (including phenoxy) is 1. The number of nitro groups is 1. The maximum atomic E-state index is 12.8. The molecule has 8 nitrogen and oxygen atoms in total. The van der Waals surface area contributed by atoms with Gasteiger partial charge in [-0.25, -0.2) is 8.42 Å². The Labute approximate surface area is 141 Å². The van der Waals surface area contributed by atoms with Crippen LogP contribution in [0.15, 0.2) is 23.1 Å². The first-order valence-corrected chi connectivity index (χ1v) is 8.29. The highest BCUT2D eigenvalue weighted by atomic mass is 35.5. The molecule has 0 spiro atoms. The van der Waals surface area contributed by atoms with Gasteiger partial charge < -0.3 is 10.1 Å². The third-order valence-corrected chi connectivity index (χ3v) is 5.68. The van der Waals surface area contributed by atoms with E-state index in [2.05, 4.69) is 5.32 Å². The van der Waals surface area contributed by atoms with Crippen LogP contribution in [0, 0.1) is 10.1 Å². The van der Waals surface area contributed by atoms with Gasteiger partial charge in [-0.1, -0.05) is 0 Å². The second-order valence-electron chi connectivity index (χ2n) is 5.32. The summed E-state index contributed by atoms with van der Waals surface area (Å²) < 4.78 is 31.9. The first-order chi connectivity index (χ1) is 10.3. The van der Waals surface area contributed by atoms with Gasteiger partial charge in [0.15, 0.2) is 4.90 Å². The lowest BCUT2D eigenvalue weighted by atomic mass is 10.2. The maximum Gasteiger partial charge on any atom is 0.293 e. The average Bonchev–Trinajstić information content (AvgIpc) is 2.48. The van der Waals surface area contributed by atoms with Crippen molar-refractivity contribution < 1.29 is 18.1 Å². The second-order valence-corrected chi connectivity index (χ2v) is 7.18. The summed E-state index contributed by atoms with van der Waals surface area (Å²) in [5, 5.41) is 14.4. The van der Waals surface area contributed by atoms with Gasteiger partial charge in [-0.3, -0.25) is 10.1 Å². The Hall–Kier alpha value is -1.42. The molecule has 2 atom stereocenters. The number of methoxy groups -OCH3 is 1. The third-order valence-electron chi connectivity index (χ3n) is 3.66. The van der Waals surface area contributed by atoms with Crippen molar-refractivity contribution in [3.63, 3.8) is 0 Å². The molecule has 0 bridgehead atoms. The van der Waals surface area contributed by atoms with Crippen LogP contribution in [0.2, 0.25) is 0 Å². The Morgan fingerprint density at radius 1 is 1.39 bits per heavy atom. The Bertz CT molecular complexity index is 682. The first-order valence-electron chi connectivity index (χ1n) is 6.85. The van der Waals surface area contributed by atoms with Crippen LogP contribution < -0.4 is 10.1 Å². The lowest BCUT2D eigenvalue weighted by molar-refractivity contribution is -0.387. The summed E-state index contributed by atoms with van der Waals surface area (Å²) in [6, 6.07) is 3.48. The van der Waals surface area contributed by atoms with E-state index in [1.54, 1.807) is 6.92 Å². The molecule has 130 valence electrons. The second kappa shape index (κ2) is 7.43. The number of hydrogen-bond acceptors (Lipinski definition) is 6. The van der Waals surface area contributed by atoms with E-state index in [1.807, 2.05) is 6.92 Å². The maximum absolute atomic E-state index is 12.8. The molecule has 0 saturated carbocycles. The van der Waals surface area contributed by atoms with Crippen molar-refractivity contribution in [2.45, 2.75) is 30.8 Å². The number of nitrogens with one attached hydrogen (secondary N) is 1. The van der Waals surface area contributed by atoms with E-state index in [-0.39, 0.29) is 41.7 Å². The van der Waals surface area contributed by atoms with Crippen molar-refractivity contribution in [3.05, 3.63) is 28.3 Å².